The summed E-state index contributed by atoms with van der Waals surface area (Å²) in [5.74, 6) is -2.97. The molecule has 35 heavy (non-hydrogen) atoms. The number of carboxylic acid groups (broad SMARTS) is 1. The molecule has 9 nitrogen and oxygen atoms in total. The minimum absolute atomic E-state index is 0.0632. The van der Waals surface area contributed by atoms with Gasteiger partial charge in [0.1, 0.15) is 18.2 Å². The molecule has 1 aromatic heterocycles. The van der Waals surface area contributed by atoms with E-state index in [9.17, 15) is 28.3 Å². The van der Waals surface area contributed by atoms with Crippen LogP contribution in [0, 0.1) is 0 Å². The number of carbonyl (C=O) groups excluding carboxylic acids is 2. The van der Waals surface area contributed by atoms with E-state index < -0.39 is 36.9 Å². The number of aryl methyl sites for hydroxylation is 1. The Balaban J connectivity index is 1.44. The van der Waals surface area contributed by atoms with Crippen molar-refractivity contribution in [3.63, 3.8) is 0 Å². The van der Waals surface area contributed by atoms with Gasteiger partial charge in [0.15, 0.2) is 5.82 Å². The van der Waals surface area contributed by atoms with Gasteiger partial charge in [-0.25, -0.2) is 18.4 Å². The molecule has 11 heteroatoms. The predicted octanol–water partition coefficient (Wildman–Crippen LogP) is 3.62. The molecule has 0 saturated carbocycles. The Bertz CT molecular complexity index is 1230. The predicted molar refractivity (Wildman–Crippen MR) is 121 cm³/mol. The summed E-state index contributed by atoms with van der Waals surface area (Å²) < 4.78 is 32.7. The SMILES string of the molecule is Cn1cc(C(=O)O)c(NC(=O)C(CC(F)F)NC(=O)OCC2c3ccccc3-c3ccccc32)n1. The normalized spacial score (nSPS) is 13.1. The summed E-state index contributed by atoms with van der Waals surface area (Å²) in [7, 11) is 1.44. The van der Waals surface area contributed by atoms with Gasteiger partial charge in [0.2, 0.25) is 12.3 Å². The maximum atomic E-state index is 13.1. The van der Waals surface area contributed by atoms with E-state index in [2.05, 4.69) is 15.7 Å². The van der Waals surface area contributed by atoms with Crippen molar-refractivity contribution in [1.29, 1.82) is 0 Å². The maximum Gasteiger partial charge on any atom is 0.407 e. The van der Waals surface area contributed by atoms with Gasteiger partial charge in [0.25, 0.3) is 0 Å². The standard InChI is InChI=1S/C24H22F2N4O5/c1-30-11-17(23(32)33)21(29-30)28-22(31)19(10-20(25)26)27-24(34)35-12-18-15-8-4-2-6-13(15)14-7-3-5-9-16(14)18/h2-9,11,18-20H,10,12H2,1H3,(H,27,34)(H,32,33)(H,28,29,31). The maximum absolute atomic E-state index is 13.1. The van der Waals surface area contributed by atoms with Gasteiger partial charge in [-0.1, -0.05) is 48.5 Å². The van der Waals surface area contributed by atoms with Crippen LogP contribution in [0.1, 0.15) is 33.8 Å². The Morgan fingerprint density at radius 2 is 1.69 bits per heavy atom. The van der Waals surface area contributed by atoms with Crippen molar-refractivity contribution < 1.29 is 33.0 Å². The molecule has 0 saturated heterocycles. The van der Waals surface area contributed by atoms with Crippen LogP contribution in [0.3, 0.4) is 0 Å². The average Bonchev–Trinajstić information content (AvgIpc) is 3.34. The number of carbonyl (C=O) groups is 3. The molecule has 4 rings (SSSR count). The van der Waals surface area contributed by atoms with Crippen LogP contribution in [0.15, 0.2) is 54.7 Å². The molecule has 1 aliphatic rings. The Morgan fingerprint density at radius 3 is 2.26 bits per heavy atom. The van der Waals surface area contributed by atoms with E-state index in [-0.39, 0.29) is 23.9 Å². The van der Waals surface area contributed by atoms with Gasteiger partial charge in [0.05, 0.1) is 0 Å². The monoisotopic (exact) mass is 484 g/mol. The molecule has 0 bridgehead atoms. The molecule has 2 aromatic carbocycles. The van der Waals surface area contributed by atoms with E-state index in [1.165, 1.54) is 7.05 Å². The molecule has 0 aliphatic heterocycles. The summed E-state index contributed by atoms with van der Waals surface area (Å²) in [6, 6.07) is 13.7. The molecule has 182 valence electrons. The number of ether oxygens (including phenoxy) is 1. The first-order valence-electron chi connectivity index (χ1n) is 10.7. The number of alkyl halides is 2. The number of carboxylic acids is 1. The van der Waals surface area contributed by atoms with Gasteiger partial charge in [-0.3, -0.25) is 9.48 Å². The van der Waals surface area contributed by atoms with Crippen molar-refractivity contribution >= 4 is 23.8 Å². The molecular formula is C24H22F2N4O5. The second kappa shape index (κ2) is 9.92. The minimum Gasteiger partial charge on any atom is -0.477 e. The van der Waals surface area contributed by atoms with Crippen LogP contribution in [-0.2, 0) is 16.6 Å². The summed E-state index contributed by atoms with van der Waals surface area (Å²) in [6.07, 6.45) is -3.81. The number of amides is 2. The summed E-state index contributed by atoms with van der Waals surface area (Å²) >= 11 is 0. The number of nitrogens with one attached hydrogen (secondary N) is 2. The summed E-state index contributed by atoms with van der Waals surface area (Å²) in [4.78, 5) is 36.4. The number of halogens is 2. The fourth-order valence-corrected chi connectivity index (χ4v) is 4.13. The number of rotatable bonds is 8. The number of aromatic carboxylic acids is 1. The lowest BCUT2D eigenvalue weighted by Crippen LogP contribution is -2.45. The van der Waals surface area contributed by atoms with Gasteiger partial charge in [-0.2, -0.15) is 5.10 Å². The second-order valence-electron chi connectivity index (χ2n) is 8.01. The number of fused-ring (bicyclic) bond motifs is 3. The fraction of sp³-hybridized carbons (Fsp3) is 0.250. The highest BCUT2D eigenvalue weighted by molar-refractivity contribution is 6.01. The molecule has 2 amide bonds. The van der Waals surface area contributed by atoms with Crippen LogP contribution in [0.4, 0.5) is 19.4 Å². The Kier molecular flexibility index (Phi) is 6.76. The number of alkyl carbamates (subject to hydrolysis) is 1. The zero-order valence-corrected chi connectivity index (χ0v) is 18.6. The zero-order chi connectivity index (χ0) is 25.1. The van der Waals surface area contributed by atoms with Gasteiger partial charge in [0, 0.05) is 25.6 Å². The first-order chi connectivity index (χ1) is 16.7. The molecule has 0 spiro atoms. The molecule has 0 fully saturated rings. The molecule has 1 aliphatic carbocycles. The van der Waals surface area contributed by atoms with Gasteiger partial charge in [-0.15, -0.1) is 0 Å². The van der Waals surface area contributed by atoms with Crippen LogP contribution in [-0.4, -0.2) is 51.9 Å². The Hall–Kier alpha value is -4.28. The van der Waals surface area contributed by atoms with Crippen LogP contribution in [0.25, 0.3) is 11.1 Å². The minimum atomic E-state index is -2.91. The van der Waals surface area contributed by atoms with E-state index in [1.54, 1.807) is 0 Å². The Morgan fingerprint density at radius 1 is 1.09 bits per heavy atom. The van der Waals surface area contributed by atoms with E-state index in [0.29, 0.717) is 0 Å². The third-order valence-corrected chi connectivity index (χ3v) is 5.67. The highest BCUT2D eigenvalue weighted by atomic mass is 19.3. The van der Waals surface area contributed by atoms with Crippen LogP contribution >= 0.6 is 0 Å². The molecule has 1 atom stereocenters. The van der Waals surface area contributed by atoms with E-state index in [0.717, 1.165) is 33.1 Å². The number of hydrogen-bond donors (Lipinski definition) is 3. The van der Waals surface area contributed by atoms with Crippen molar-refractivity contribution in [2.24, 2.45) is 7.05 Å². The van der Waals surface area contributed by atoms with Crippen LogP contribution in [0.2, 0.25) is 0 Å². The molecule has 3 N–H and O–H groups in total. The lowest BCUT2D eigenvalue weighted by molar-refractivity contribution is -0.119. The van der Waals surface area contributed by atoms with Crippen molar-refractivity contribution in [2.75, 3.05) is 11.9 Å². The van der Waals surface area contributed by atoms with Gasteiger partial charge >= 0.3 is 12.1 Å². The van der Waals surface area contributed by atoms with Crippen molar-refractivity contribution in [2.45, 2.75) is 24.8 Å². The summed E-state index contributed by atoms with van der Waals surface area (Å²) in [6.45, 7) is -0.0632. The lowest BCUT2D eigenvalue weighted by Gasteiger charge is -2.19. The summed E-state index contributed by atoms with van der Waals surface area (Å²) in [5.41, 5.74) is 3.67. The number of benzene rings is 2. The van der Waals surface area contributed by atoms with Crippen molar-refractivity contribution in [3.8, 4) is 11.1 Å². The number of aromatic nitrogens is 2. The first-order valence-corrected chi connectivity index (χ1v) is 10.7. The fourth-order valence-electron chi connectivity index (χ4n) is 4.13. The lowest BCUT2D eigenvalue weighted by atomic mass is 9.98. The van der Waals surface area contributed by atoms with Gasteiger partial charge < -0.3 is 20.5 Å². The molecule has 1 heterocycles. The van der Waals surface area contributed by atoms with Crippen molar-refractivity contribution in [1.82, 2.24) is 15.1 Å². The number of nitrogens with zero attached hydrogens (tertiary/aromatic N) is 2. The highest BCUT2D eigenvalue weighted by Crippen LogP contribution is 2.44. The smallest absolute Gasteiger partial charge is 0.407 e. The molecule has 0 radical (unpaired) electrons. The zero-order valence-electron chi connectivity index (χ0n) is 18.6. The Labute approximate surface area is 198 Å². The molecular weight excluding hydrogens is 462 g/mol. The topological polar surface area (TPSA) is 123 Å². The van der Waals surface area contributed by atoms with Crippen LogP contribution < -0.4 is 10.6 Å². The third-order valence-electron chi connectivity index (χ3n) is 5.67. The highest BCUT2D eigenvalue weighted by Gasteiger charge is 2.31. The first kappa shape index (κ1) is 23.9. The average molecular weight is 484 g/mol. The van der Waals surface area contributed by atoms with E-state index in [1.807, 2.05) is 48.5 Å². The largest absolute Gasteiger partial charge is 0.477 e. The van der Waals surface area contributed by atoms with Gasteiger partial charge in [-0.05, 0) is 22.3 Å². The third kappa shape index (κ3) is 5.13. The quantitative estimate of drug-likeness (QED) is 0.449. The van der Waals surface area contributed by atoms with Crippen molar-refractivity contribution in [3.05, 3.63) is 71.4 Å². The molecule has 1 unspecified atom stereocenters. The number of hydrogen-bond acceptors (Lipinski definition) is 5. The van der Waals surface area contributed by atoms with Crippen LogP contribution in [0.5, 0.6) is 0 Å². The summed E-state index contributed by atoms with van der Waals surface area (Å²) in [5, 5.41) is 17.4. The molecule has 3 aromatic rings. The van der Waals surface area contributed by atoms with E-state index >= 15 is 0 Å². The van der Waals surface area contributed by atoms with E-state index in [4.69, 9.17) is 4.74 Å². The number of anilines is 1. The second-order valence-corrected chi connectivity index (χ2v) is 8.01.